The summed E-state index contributed by atoms with van der Waals surface area (Å²) in [6, 6.07) is 4.82. The van der Waals surface area contributed by atoms with E-state index >= 15 is 0 Å². The Balaban J connectivity index is 2.61. The molecule has 2 rings (SSSR count). The molecule has 0 saturated carbocycles. The van der Waals surface area contributed by atoms with Crippen LogP contribution in [0.3, 0.4) is 0 Å². The van der Waals surface area contributed by atoms with Gasteiger partial charge in [0.2, 0.25) is 0 Å². The average Bonchev–Trinajstić information content (AvgIpc) is 2.42. The van der Waals surface area contributed by atoms with Gasteiger partial charge in [0.1, 0.15) is 0 Å². The Hall–Kier alpha value is -1.98. The third kappa shape index (κ3) is 2.95. The molecule has 106 valence electrons. The van der Waals surface area contributed by atoms with Gasteiger partial charge >= 0.3 is 121 Å². The molecule has 7 heteroatoms. The van der Waals surface area contributed by atoms with Gasteiger partial charge in [0.15, 0.2) is 0 Å². The van der Waals surface area contributed by atoms with Crippen LogP contribution in [-0.2, 0) is 5.32 Å². The molecule has 0 amide bonds. The van der Waals surface area contributed by atoms with E-state index in [1.165, 1.54) is 13.2 Å². The summed E-state index contributed by atoms with van der Waals surface area (Å²) in [5, 5.41) is 8.63. The molecule has 0 aliphatic heterocycles. The number of methoxy groups -OCH3 is 2. The van der Waals surface area contributed by atoms with Crippen molar-refractivity contribution in [2.45, 2.75) is 5.32 Å². The fourth-order valence-corrected chi connectivity index (χ4v) is 2.98. The standard InChI is InChI=1S/C13H14N2O4Se/c1-17-10-4-8-7(6-20-13(14)15)3-12(16)19-9(8)5-11(10)18-2/h3-5H,6H2,1-2H3,(H3,14,15). The Morgan fingerprint density at radius 1 is 1.30 bits per heavy atom. The molecule has 0 radical (unpaired) electrons. The second-order valence-electron chi connectivity index (χ2n) is 3.95. The van der Waals surface area contributed by atoms with Gasteiger partial charge in [-0.1, -0.05) is 0 Å². The number of nitrogens with one attached hydrogen (secondary N) is 1. The van der Waals surface area contributed by atoms with Gasteiger partial charge in [-0.05, 0) is 0 Å². The molecular weight excluding hydrogens is 327 g/mol. The van der Waals surface area contributed by atoms with E-state index in [4.69, 9.17) is 25.0 Å². The number of hydrogen-bond acceptors (Lipinski definition) is 5. The number of nitrogens with two attached hydrogens (primary N) is 1. The summed E-state index contributed by atoms with van der Waals surface area (Å²) >= 11 is -0.187. The topological polar surface area (TPSA) is 98.5 Å². The summed E-state index contributed by atoms with van der Waals surface area (Å²) in [5.41, 5.74) is 6.19. The van der Waals surface area contributed by atoms with E-state index in [1.807, 2.05) is 0 Å². The van der Waals surface area contributed by atoms with Crippen molar-refractivity contribution in [3.05, 3.63) is 34.2 Å². The molecular formula is C13H14N2O4Se. The quantitative estimate of drug-likeness (QED) is 0.365. The monoisotopic (exact) mass is 342 g/mol. The van der Waals surface area contributed by atoms with Gasteiger partial charge < -0.3 is 0 Å². The third-order valence-electron chi connectivity index (χ3n) is 2.72. The van der Waals surface area contributed by atoms with E-state index in [0.29, 0.717) is 22.4 Å². The minimum absolute atomic E-state index is 0.138. The Morgan fingerprint density at radius 2 is 1.95 bits per heavy atom. The molecule has 1 aromatic carbocycles. The molecule has 0 bridgehead atoms. The van der Waals surface area contributed by atoms with Crippen molar-refractivity contribution in [3.8, 4) is 11.5 Å². The van der Waals surface area contributed by atoms with Crippen molar-refractivity contribution in [1.29, 1.82) is 5.41 Å². The molecule has 0 aliphatic carbocycles. The molecule has 6 nitrogen and oxygen atoms in total. The van der Waals surface area contributed by atoms with Gasteiger partial charge in [0.05, 0.1) is 0 Å². The summed E-state index contributed by atoms with van der Waals surface area (Å²) in [7, 11) is 3.06. The molecule has 2 aromatic rings. The zero-order valence-electron chi connectivity index (χ0n) is 11.1. The maximum atomic E-state index is 11.6. The minimum atomic E-state index is -0.431. The Bertz CT molecular complexity index is 711. The first-order valence-electron chi connectivity index (χ1n) is 5.70. The van der Waals surface area contributed by atoms with Gasteiger partial charge in [-0.25, -0.2) is 0 Å². The van der Waals surface area contributed by atoms with Crippen LogP contribution in [0.25, 0.3) is 11.0 Å². The van der Waals surface area contributed by atoms with Gasteiger partial charge in [0.25, 0.3) is 0 Å². The van der Waals surface area contributed by atoms with Gasteiger partial charge in [-0.3, -0.25) is 0 Å². The van der Waals surface area contributed by atoms with Gasteiger partial charge in [-0.2, -0.15) is 0 Å². The number of hydrogen-bond donors (Lipinski definition) is 2. The van der Waals surface area contributed by atoms with Crippen molar-refractivity contribution in [3.63, 3.8) is 0 Å². The van der Waals surface area contributed by atoms with Crippen molar-refractivity contribution in [2.24, 2.45) is 5.73 Å². The normalized spacial score (nSPS) is 10.5. The second-order valence-corrected chi connectivity index (χ2v) is 6.08. The summed E-state index contributed by atoms with van der Waals surface area (Å²) < 4.78 is 15.8. The van der Waals surface area contributed by atoms with E-state index in [9.17, 15) is 4.79 Å². The summed E-state index contributed by atoms with van der Waals surface area (Å²) in [6.07, 6.45) is 0. The first kappa shape index (κ1) is 14.4. The van der Waals surface area contributed by atoms with Crippen LogP contribution in [0.2, 0.25) is 0 Å². The Morgan fingerprint density at radius 3 is 2.55 bits per heavy atom. The van der Waals surface area contributed by atoms with Crippen molar-refractivity contribution < 1.29 is 13.9 Å². The van der Waals surface area contributed by atoms with Gasteiger partial charge in [0, 0.05) is 0 Å². The number of ether oxygens (including phenoxy) is 2. The molecule has 0 fully saturated rings. The zero-order valence-corrected chi connectivity index (χ0v) is 12.8. The first-order chi connectivity index (χ1) is 9.55. The van der Waals surface area contributed by atoms with Crippen molar-refractivity contribution >= 4 is 30.7 Å². The maximum absolute atomic E-state index is 11.6. The van der Waals surface area contributed by atoms with E-state index in [-0.39, 0.29) is 19.7 Å². The molecule has 20 heavy (non-hydrogen) atoms. The molecule has 1 heterocycles. The van der Waals surface area contributed by atoms with Gasteiger partial charge in [-0.15, -0.1) is 0 Å². The molecule has 0 unspecified atom stereocenters. The Kier molecular flexibility index (Phi) is 4.32. The molecule has 0 spiro atoms. The third-order valence-corrected chi connectivity index (χ3v) is 4.33. The fourth-order valence-electron chi connectivity index (χ4n) is 1.83. The molecule has 0 atom stereocenters. The molecule has 3 N–H and O–H groups in total. The summed E-state index contributed by atoms with van der Waals surface area (Å²) in [4.78, 5) is 11.6. The first-order valence-corrected chi connectivity index (χ1v) is 7.77. The van der Waals surface area contributed by atoms with Crippen LogP contribution in [0.15, 0.2) is 27.4 Å². The Labute approximate surface area is 121 Å². The van der Waals surface area contributed by atoms with E-state index in [1.54, 1.807) is 19.2 Å². The number of amidine groups is 1. The summed E-state index contributed by atoms with van der Waals surface area (Å²) in [5.74, 6) is 1.06. The van der Waals surface area contributed by atoms with Crippen molar-refractivity contribution in [1.82, 2.24) is 0 Å². The van der Waals surface area contributed by atoms with Crippen LogP contribution in [0, 0.1) is 5.41 Å². The predicted octanol–water partition coefficient (Wildman–Crippen LogP) is 0.908. The van der Waals surface area contributed by atoms with E-state index in [0.717, 1.165) is 10.9 Å². The van der Waals surface area contributed by atoms with Crippen LogP contribution < -0.4 is 20.8 Å². The SMILES string of the molecule is COc1cc2oc(=O)cc(C[Se]C(=N)N)c2cc1OC. The number of rotatable bonds is 5. The summed E-state index contributed by atoms with van der Waals surface area (Å²) in [6.45, 7) is 0. The second kappa shape index (κ2) is 5.98. The number of fused-ring (bicyclic) bond motifs is 1. The van der Waals surface area contributed by atoms with Crippen LogP contribution in [0.5, 0.6) is 11.5 Å². The predicted molar refractivity (Wildman–Crippen MR) is 77.0 cm³/mol. The van der Waals surface area contributed by atoms with Crippen LogP contribution >= 0.6 is 0 Å². The fraction of sp³-hybridized carbons (Fsp3) is 0.231. The van der Waals surface area contributed by atoms with Crippen LogP contribution in [0.4, 0.5) is 0 Å². The molecule has 1 aromatic heterocycles. The number of benzene rings is 1. The zero-order chi connectivity index (χ0) is 14.7. The molecule has 0 aliphatic rings. The van der Waals surface area contributed by atoms with E-state index in [2.05, 4.69) is 0 Å². The van der Waals surface area contributed by atoms with Crippen molar-refractivity contribution in [2.75, 3.05) is 14.2 Å². The van der Waals surface area contributed by atoms with E-state index < -0.39 is 5.63 Å². The van der Waals surface area contributed by atoms with Crippen LogP contribution in [0.1, 0.15) is 5.56 Å². The average molecular weight is 341 g/mol. The molecule has 0 saturated heterocycles. The van der Waals surface area contributed by atoms with Crippen LogP contribution in [-0.4, -0.2) is 33.9 Å².